The standard InChI is InChI=1S/C16H11BrCl3N3O/c1-2-12-15(23-7-8(17)3-4-14(23)21-12)16(24)22-13-6-10(19)9(18)5-11(13)20/h3-7H,2H2,1H3,(H,22,24). The summed E-state index contributed by atoms with van der Waals surface area (Å²) in [6, 6.07) is 6.73. The third kappa shape index (κ3) is 3.26. The van der Waals surface area contributed by atoms with Gasteiger partial charge in [0.25, 0.3) is 5.91 Å². The predicted octanol–water partition coefficient (Wildman–Crippen LogP) is 5.87. The molecular formula is C16H11BrCl3N3O. The van der Waals surface area contributed by atoms with Crippen LogP contribution in [0.15, 0.2) is 34.9 Å². The van der Waals surface area contributed by atoms with Crippen LogP contribution in [-0.2, 0) is 6.42 Å². The summed E-state index contributed by atoms with van der Waals surface area (Å²) in [6.07, 6.45) is 2.42. The first-order valence-electron chi connectivity index (χ1n) is 7.03. The van der Waals surface area contributed by atoms with Crippen LogP contribution in [0.1, 0.15) is 23.1 Å². The Morgan fingerprint density at radius 2 is 1.92 bits per heavy atom. The number of nitrogens with one attached hydrogen (secondary N) is 1. The number of benzene rings is 1. The number of fused-ring (bicyclic) bond motifs is 1. The van der Waals surface area contributed by atoms with Crippen LogP contribution in [0.25, 0.3) is 5.65 Å². The van der Waals surface area contributed by atoms with Crippen LogP contribution in [0.5, 0.6) is 0 Å². The molecule has 2 heterocycles. The van der Waals surface area contributed by atoms with E-state index < -0.39 is 0 Å². The van der Waals surface area contributed by atoms with E-state index in [9.17, 15) is 4.79 Å². The molecule has 0 unspecified atom stereocenters. The monoisotopic (exact) mass is 445 g/mol. The second-order valence-electron chi connectivity index (χ2n) is 5.04. The van der Waals surface area contributed by atoms with Crippen molar-refractivity contribution in [3.8, 4) is 0 Å². The lowest BCUT2D eigenvalue weighted by molar-refractivity contribution is 0.102. The van der Waals surface area contributed by atoms with Gasteiger partial charge >= 0.3 is 0 Å². The molecule has 3 rings (SSSR count). The Bertz CT molecular complexity index is 955. The SMILES string of the molecule is CCc1nc2ccc(Br)cn2c1C(=O)Nc1cc(Cl)c(Cl)cc1Cl. The molecule has 0 bridgehead atoms. The van der Waals surface area contributed by atoms with Gasteiger partial charge in [0.15, 0.2) is 0 Å². The van der Waals surface area contributed by atoms with Crippen molar-refractivity contribution in [3.63, 3.8) is 0 Å². The van der Waals surface area contributed by atoms with Gasteiger partial charge in [-0.1, -0.05) is 41.7 Å². The molecule has 0 atom stereocenters. The first-order chi connectivity index (χ1) is 11.4. The molecule has 0 saturated carbocycles. The molecule has 124 valence electrons. The smallest absolute Gasteiger partial charge is 0.274 e. The quantitative estimate of drug-likeness (QED) is 0.510. The van der Waals surface area contributed by atoms with E-state index in [1.165, 1.54) is 12.1 Å². The van der Waals surface area contributed by atoms with E-state index in [1.807, 2.05) is 19.1 Å². The summed E-state index contributed by atoms with van der Waals surface area (Å²) >= 11 is 21.5. The number of pyridine rings is 1. The molecule has 0 fully saturated rings. The Morgan fingerprint density at radius 1 is 1.21 bits per heavy atom. The normalized spacial score (nSPS) is 11.0. The van der Waals surface area contributed by atoms with Crippen molar-refractivity contribution in [1.82, 2.24) is 9.38 Å². The molecule has 0 aliphatic heterocycles. The van der Waals surface area contributed by atoms with Crippen LogP contribution in [0.2, 0.25) is 15.1 Å². The van der Waals surface area contributed by atoms with E-state index in [0.717, 1.165) is 4.47 Å². The van der Waals surface area contributed by atoms with Crippen LogP contribution in [0.4, 0.5) is 5.69 Å². The fraction of sp³-hybridized carbons (Fsp3) is 0.125. The second-order valence-corrected chi connectivity index (χ2v) is 7.17. The minimum atomic E-state index is -0.322. The number of anilines is 1. The molecule has 0 aliphatic rings. The highest BCUT2D eigenvalue weighted by molar-refractivity contribution is 9.10. The highest BCUT2D eigenvalue weighted by Crippen LogP contribution is 2.32. The lowest BCUT2D eigenvalue weighted by atomic mass is 10.2. The Hall–Kier alpha value is -1.27. The summed E-state index contributed by atoms with van der Waals surface area (Å²) in [6.45, 7) is 1.94. The number of aromatic nitrogens is 2. The first kappa shape index (κ1) is 17.5. The molecule has 3 aromatic rings. The fourth-order valence-corrected chi connectivity index (χ4v) is 3.29. The number of imidazole rings is 1. The van der Waals surface area contributed by atoms with Crippen molar-refractivity contribution in [3.05, 3.63) is 61.4 Å². The molecule has 4 nitrogen and oxygen atoms in total. The molecule has 1 aromatic carbocycles. The zero-order valence-electron chi connectivity index (χ0n) is 12.4. The third-order valence-corrected chi connectivity index (χ3v) is 4.97. The van der Waals surface area contributed by atoms with Gasteiger partial charge in [-0.3, -0.25) is 9.20 Å². The number of nitrogens with zero attached hydrogens (tertiary/aromatic N) is 2. The fourth-order valence-electron chi connectivity index (χ4n) is 2.35. The molecule has 0 aliphatic carbocycles. The van der Waals surface area contributed by atoms with Crippen molar-refractivity contribution >= 4 is 68.0 Å². The van der Waals surface area contributed by atoms with Crippen LogP contribution in [0, 0.1) is 0 Å². The Morgan fingerprint density at radius 3 is 2.62 bits per heavy atom. The molecule has 2 aromatic heterocycles. The van der Waals surface area contributed by atoms with Gasteiger partial charge in [0.2, 0.25) is 0 Å². The summed E-state index contributed by atoms with van der Waals surface area (Å²) in [5.74, 6) is -0.322. The van der Waals surface area contributed by atoms with Gasteiger partial charge in [-0.25, -0.2) is 4.98 Å². The number of aryl methyl sites for hydroxylation is 1. The molecular weight excluding hydrogens is 436 g/mol. The summed E-state index contributed by atoms with van der Waals surface area (Å²) in [4.78, 5) is 17.3. The molecule has 0 radical (unpaired) electrons. The summed E-state index contributed by atoms with van der Waals surface area (Å²) in [5.41, 5.74) is 2.24. The van der Waals surface area contributed by atoms with Gasteiger partial charge in [0.05, 0.1) is 26.4 Å². The second kappa shape index (κ2) is 6.92. The average Bonchev–Trinajstić information content (AvgIpc) is 2.90. The van der Waals surface area contributed by atoms with Gasteiger partial charge in [0.1, 0.15) is 11.3 Å². The average molecular weight is 448 g/mol. The van der Waals surface area contributed by atoms with Gasteiger partial charge in [-0.2, -0.15) is 0 Å². The number of hydrogen-bond acceptors (Lipinski definition) is 2. The largest absolute Gasteiger partial charge is 0.319 e. The van der Waals surface area contributed by atoms with E-state index in [-0.39, 0.29) is 5.91 Å². The molecule has 1 amide bonds. The van der Waals surface area contributed by atoms with Crippen molar-refractivity contribution in [1.29, 1.82) is 0 Å². The number of halogens is 4. The Kier molecular flexibility index (Phi) is 5.06. The summed E-state index contributed by atoms with van der Waals surface area (Å²) in [7, 11) is 0. The van der Waals surface area contributed by atoms with E-state index >= 15 is 0 Å². The van der Waals surface area contributed by atoms with Crippen molar-refractivity contribution in [2.75, 3.05) is 5.32 Å². The summed E-state index contributed by atoms with van der Waals surface area (Å²) < 4.78 is 2.58. The number of rotatable bonds is 3. The first-order valence-corrected chi connectivity index (χ1v) is 8.95. The minimum absolute atomic E-state index is 0.311. The van der Waals surface area contributed by atoms with Crippen molar-refractivity contribution in [2.45, 2.75) is 13.3 Å². The van der Waals surface area contributed by atoms with E-state index in [0.29, 0.717) is 44.2 Å². The maximum absolute atomic E-state index is 12.8. The topological polar surface area (TPSA) is 46.4 Å². The van der Waals surface area contributed by atoms with Crippen molar-refractivity contribution in [2.24, 2.45) is 0 Å². The Labute approximate surface area is 161 Å². The van der Waals surface area contributed by atoms with E-state index in [4.69, 9.17) is 34.8 Å². The summed E-state index contributed by atoms with van der Waals surface area (Å²) in [5, 5.41) is 3.73. The molecule has 8 heteroatoms. The van der Waals surface area contributed by atoms with Crippen molar-refractivity contribution < 1.29 is 4.79 Å². The maximum atomic E-state index is 12.8. The lowest BCUT2D eigenvalue weighted by Crippen LogP contribution is -2.16. The zero-order valence-corrected chi connectivity index (χ0v) is 16.3. The van der Waals surface area contributed by atoms with Crippen LogP contribution < -0.4 is 5.32 Å². The van der Waals surface area contributed by atoms with Gasteiger partial charge < -0.3 is 5.32 Å². The molecule has 1 N–H and O–H groups in total. The van der Waals surface area contributed by atoms with Gasteiger partial charge in [-0.05, 0) is 46.6 Å². The minimum Gasteiger partial charge on any atom is -0.319 e. The van der Waals surface area contributed by atoms with E-state index in [1.54, 1.807) is 10.6 Å². The number of carbonyl (C=O) groups excluding carboxylic acids is 1. The molecule has 0 spiro atoms. The van der Waals surface area contributed by atoms with Crippen LogP contribution in [-0.4, -0.2) is 15.3 Å². The molecule has 0 saturated heterocycles. The number of amides is 1. The van der Waals surface area contributed by atoms with E-state index in [2.05, 4.69) is 26.2 Å². The number of carbonyl (C=O) groups is 1. The highest BCUT2D eigenvalue weighted by atomic mass is 79.9. The highest BCUT2D eigenvalue weighted by Gasteiger charge is 2.20. The maximum Gasteiger partial charge on any atom is 0.274 e. The third-order valence-electron chi connectivity index (χ3n) is 3.46. The lowest BCUT2D eigenvalue weighted by Gasteiger charge is -2.10. The Balaban J connectivity index is 2.06. The van der Waals surface area contributed by atoms with Crippen LogP contribution >= 0.6 is 50.7 Å². The number of hydrogen-bond donors (Lipinski definition) is 1. The molecule has 24 heavy (non-hydrogen) atoms. The van der Waals surface area contributed by atoms with Gasteiger partial charge in [-0.15, -0.1) is 0 Å². The van der Waals surface area contributed by atoms with Crippen LogP contribution in [0.3, 0.4) is 0 Å². The zero-order chi connectivity index (χ0) is 17.4. The predicted molar refractivity (Wildman–Crippen MR) is 102 cm³/mol. The van der Waals surface area contributed by atoms with Gasteiger partial charge in [0, 0.05) is 10.7 Å².